The van der Waals surface area contributed by atoms with Crippen molar-refractivity contribution in [2.24, 2.45) is 0 Å². The third kappa shape index (κ3) is 4.08. The normalized spacial score (nSPS) is 17.6. The van der Waals surface area contributed by atoms with E-state index in [4.69, 9.17) is 5.73 Å². The van der Waals surface area contributed by atoms with Gasteiger partial charge in [0.15, 0.2) is 0 Å². The number of amides is 2. The zero-order valence-corrected chi connectivity index (χ0v) is 17.8. The van der Waals surface area contributed by atoms with Crippen LogP contribution in [-0.2, 0) is 24.3 Å². The first-order valence-electron chi connectivity index (χ1n) is 11.0. The van der Waals surface area contributed by atoms with Gasteiger partial charge in [-0.3, -0.25) is 14.3 Å². The van der Waals surface area contributed by atoms with E-state index in [0.717, 1.165) is 48.1 Å². The smallest absolute Gasteiger partial charge is 0.254 e. The standard InChI is InChI=1S/C24H26N6O2/c25-23-20-7-8-21(19(20)9-10-26-23)28-24(32)18-12-27-30(15-18)14-17-5-3-16(4-6-17)13-29-11-1-2-22(29)31/h3-6,9-10,12,15,21H,1-2,7-8,11,13-14H2,(H2,25,26)(H,28,32). The number of anilines is 1. The van der Waals surface area contributed by atoms with E-state index < -0.39 is 0 Å². The molecule has 8 nitrogen and oxygen atoms in total. The fourth-order valence-corrected chi connectivity index (χ4v) is 4.55. The van der Waals surface area contributed by atoms with E-state index in [2.05, 4.69) is 27.5 Å². The molecule has 3 heterocycles. The number of carbonyl (C=O) groups excluding carboxylic acids is 2. The van der Waals surface area contributed by atoms with E-state index in [0.29, 0.717) is 30.9 Å². The summed E-state index contributed by atoms with van der Waals surface area (Å²) in [5.41, 5.74) is 10.8. The van der Waals surface area contributed by atoms with Gasteiger partial charge in [0.05, 0.1) is 24.3 Å². The summed E-state index contributed by atoms with van der Waals surface area (Å²) in [6, 6.07) is 10.1. The Morgan fingerprint density at radius 2 is 1.91 bits per heavy atom. The van der Waals surface area contributed by atoms with Gasteiger partial charge >= 0.3 is 0 Å². The van der Waals surface area contributed by atoms with Crippen LogP contribution in [0.2, 0.25) is 0 Å². The number of pyridine rings is 1. The Morgan fingerprint density at radius 1 is 1.12 bits per heavy atom. The number of nitrogens with zero attached hydrogens (tertiary/aromatic N) is 4. The molecule has 1 aromatic carbocycles. The highest BCUT2D eigenvalue weighted by Crippen LogP contribution is 2.33. The Bertz CT molecular complexity index is 1150. The summed E-state index contributed by atoms with van der Waals surface area (Å²) >= 11 is 0. The molecule has 5 rings (SSSR count). The lowest BCUT2D eigenvalue weighted by atomic mass is 10.1. The van der Waals surface area contributed by atoms with Crippen molar-refractivity contribution in [1.82, 2.24) is 25.0 Å². The van der Waals surface area contributed by atoms with Gasteiger partial charge in [-0.05, 0) is 47.6 Å². The van der Waals surface area contributed by atoms with Crippen molar-refractivity contribution in [2.45, 2.75) is 44.8 Å². The number of nitrogens with two attached hydrogens (primary N) is 1. The van der Waals surface area contributed by atoms with Crippen LogP contribution >= 0.6 is 0 Å². The second kappa shape index (κ2) is 8.45. The van der Waals surface area contributed by atoms with Gasteiger partial charge in [-0.25, -0.2) is 4.98 Å². The van der Waals surface area contributed by atoms with E-state index >= 15 is 0 Å². The van der Waals surface area contributed by atoms with Gasteiger partial charge in [-0.1, -0.05) is 24.3 Å². The van der Waals surface area contributed by atoms with Crippen molar-refractivity contribution >= 4 is 17.6 Å². The second-order valence-electron chi connectivity index (χ2n) is 8.49. The van der Waals surface area contributed by atoms with Gasteiger partial charge in [0.2, 0.25) is 5.91 Å². The molecule has 8 heteroatoms. The molecule has 1 atom stereocenters. The van der Waals surface area contributed by atoms with Crippen molar-refractivity contribution in [3.63, 3.8) is 0 Å². The SMILES string of the molecule is Nc1nccc2c1CCC2NC(=O)c1cnn(Cc2ccc(CN3CCCC3=O)cc2)c1. The lowest BCUT2D eigenvalue weighted by Gasteiger charge is -2.15. The summed E-state index contributed by atoms with van der Waals surface area (Å²) in [6.07, 6.45) is 8.30. The molecule has 3 N–H and O–H groups in total. The molecule has 1 aliphatic heterocycles. The molecular weight excluding hydrogens is 404 g/mol. The molecule has 2 aromatic heterocycles. The predicted octanol–water partition coefficient (Wildman–Crippen LogP) is 2.45. The van der Waals surface area contributed by atoms with E-state index in [1.54, 1.807) is 23.3 Å². The van der Waals surface area contributed by atoms with Gasteiger partial charge in [-0.2, -0.15) is 5.10 Å². The largest absolute Gasteiger partial charge is 0.383 e. The molecule has 32 heavy (non-hydrogen) atoms. The Kier molecular flexibility index (Phi) is 5.34. The van der Waals surface area contributed by atoms with Crippen LogP contribution in [-0.4, -0.2) is 38.0 Å². The number of nitrogens with one attached hydrogen (secondary N) is 1. The first-order chi connectivity index (χ1) is 15.6. The van der Waals surface area contributed by atoms with Crippen LogP contribution in [0.1, 0.15) is 57.9 Å². The minimum Gasteiger partial charge on any atom is -0.383 e. The van der Waals surface area contributed by atoms with Gasteiger partial charge in [0.1, 0.15) is 5.82 Å². The fraction of sp³-hybridized carbons (Fsp3) is 0.333. The maximum Gasteiger partial charge on any atom is 0.254 e. The summed E-state index contributed by atoms with van der Waals surface area (Å²) in [4.78, 5) is 30.6. The van der Waals surface area contributed by atoms with Gasteiger partial charge < -0.3 is 16.0 Å². The van der Waals surface area contributed by atoms with Crippen molar-refractivity contribution < 1.29 is 9.59 Å². The number of benzene rings is 1. The summed E-state index contributed by atoms with van der Waals surface area (Å²) in [7, 11) is 0. The first kappa shape index (κ1) is 20.2. The molecule has 1 aliphatic carbocycles. The van der Waals surface area contributed by atoms with Gasteiger partial charge in [-0.15, -0.1) is 0 Å². The number of rotatable bonds is 6. The Labute approximate surface area is 186 Å². The molecule has 0 bridgehead atoms. The van der Waals surface area contributed by atoms with Crippen LogP contribution in [0.25, 0.3) is 0 Å². The van der Waals surface area contributed by atoms with Crippen LogP contribution in [0.5, 0.6) is 0 Å². The van der Waals surface area contributed by atoms with E-state index in [-0.39, 0.29) is 17.9 Å². The minimum absolute atomic E-state index is 0.0545. The van der Waals surface area contributed by atoms with E-state index in [1.807, 2.05) is 23.1 Å². The van der Waals surface area contributed by atoms with Crippen LogP contribution in [0, 0.1) is 0 Å². The van der Waals surface area contributed by atoms with Gasteiger partial charge in [0.25, 0.3) is 5.91 Å². The fourth-order valence-electron chi connectivity index (χ4n) is 4.55. The highest BCUT2D eigenvalue weighted by molar-refractivity contribution is 5.94. The Balaban J connectivity index is 1.19. The van der Waals surface area contributed by atoms with Crippen LogP contribution < -0.4 is 11.1 Å². The van der Waals surface area contributed by atoms with Crippen molar-refractivity contribution in [1.29, 1.82) is 0 Å². The molecule has 2 aliphatic rings. The molecule has 164 valence electrons. The summed E-state index contributed by atoms with van der Waals surface area (Å²) in [5, 5.41) is 7.45. The topological polar surface area (TPSA) is 106 Å². The molecular formula is C24H26N6O2. The number of nitrogen functional groups attached to an aromatic ring is 1. The molecule has 0 spiro atoms. The number of hydrogen-bond acceptors (Lipinski definition) is 5. The summed E-state index contributed by atoms with van der Waals surface area (Å²) < 4.78 is 1.76. The summed E-state index contributed by atoms with van der Waals surface area (Å²) in [6.45, 7) is 2.08. The van der Waals surface area contributed by atoms with Crippen LogP contribution in [0.4, 0.5) is 5.82 Å². The zero-order chi connectivity index (χ0) is 22.1. The van der Waals surface area contributed by atoms with E-state index in [9.17, 15) is 9.59 Å². The lowest BCUT2D eigenvalue weighted by Crippen LogP contribution is -2.26. The van der Waals surface area contributed by atoms with Crippen molar-refractivity contribution in [2.75, 3.05) is 12.3 Å². The average molecular weight is 431 g/mol. The van der Waals surface area contributed by atoms with Crippen molar-refractivity contribution in [3.05, 3.63) is 76.7 Å². The number of hydrogen-bond donors (Lipinski definition) is 2. The van der Waals surface area contributed by atoms with Gasteiger partial charge in [0, 0.05) is 31.9 Å². The third-order valence-electron chi connectivity index (χ3n) is 6.30. The monoisotopic (exact) mass is 430 g/mol. The first-order valence-corrected chi connectivity index (χ1v) is 11.0. The molecule has 1 unspecified atom stereocenters. The molecule has 0 saturated carbocycles. The predicted molar refractivity (Wildman–Crippen MR) is 120 cm³/mol. The second-order valence-corrected chi connectivity index (χ2v) is 8.49. The third-order valence-corrected chi connectivity index (χ3v) is 6.30. The molecule has 0 radical (unpaired) electrons. The number of likely N-dealkylation sites (tertiary alicyclic amines) is 1. The number of carbonyl (C=O) groups is 2. The lowest BCUT2D eigenvalue weighted by molar-refractivity contribution is -0.128. The highest BCUT2D eigenvalue weighted by Gasteiger charge is 2.26. The Morgan fingerprint density at radius 3 is 2.66 bits per heavy atom. The van der Waals surface area contributed by atoms with E-state index in [1.165, 1.54) is 0 Å². The quantitative estimate of drug-likeness (QED) is 0.625. The zero-order valence-electron chi connectivity index (χ0n) is 17.8. The Hall–Kier alpha value is -3.68. The summed E-state index contributed by atoms with van der Waals surface area (Å²) in [5.74, 6) is 0.637. The number of aromatic nitrogens is 3. The molecule has 2 amide bonds. The van der Waals surface area contributed by atoms with Crippen molar-refractivity contribution in [3.8, 4) is 0 Å². The molecule has 3 aromatic rings. The molecule has 1 fully saturated rings. The maximum atomic E-state index is 12.8. The minimum atomic E-state index is -0.143. The van der Waals surface area contributed by atoms with Crippen LogP contribution in [0.15, 0.2) is 48.9 Å². The maximum absolute atomic E-state index is 12.8. The number of fused-ring (bicyclic) bond motifs is 1. The van der Waals surface area contributed by atoms with Crippen LogP contribution in [0.3, 0.4) is 0 Å². The molecule has 1 saturated heterocycles. The average Bonchev–Trinajstić information content (AvgIpc) is 3.52. The highest BCUT2D eigenvalue weighted by atomic mass is 16.2.